The lowest BCUT2D eigenvalue weighted by molar-refractivity contribution is 0.0549. The number of amides is 4. The van der Waals surface area contributed by atoms with Crippen molar-refractivity contribution < 1.29 is 23.9 Å². The van der Waals surface area contributed by atoms with E-state index in [0.717, 1.165) is 32.1 Å². The molecule has 0 bridgehead atoms. The van der Waals surface area contributed by atoms with Crippen LogP contribution in [0.2, 0.25) is 0 Å². The van der Waals surface area contributed by atoms with Crippen LogP contribution in [0.5, 0.6) is 0 Å². The highest BCUT2D eigenvalue weighted by Gasteiger charge is 2.40. The van der Waals surface area contributed by atoms with E-state index in [9.17, 15) is 14.4 Å². The normalized spacial score (nSPS) is 16.8. The van der Waals surface area contributed by atoms with Gasteiger partial charge in [-0.05, 0) is 31.0 Å². The van der Waals surface area contributed by atoms with Crippen LogP contribution < -0.4 is 5.32 Å². The highest BCUT2D eigenvalue weighted by atomic mass is 16.5. The van der Waals surface area contributed by atoms with Gasteiger partial charge < -0.3 is 19.7 Å². The molecule has 0 spiro atoms. The summed E-state index contributed by atoms with van der Waals surface area (Å²) in [4.78, 5) is 41.3. The Morgan fingerprint density at radius 2 is 1.66 bits per heavy atom. The first-order valence-electron chi connectivity index (χ1n) is 10.1. The zero-order chi connectivity index (χ0) is 20.8. The highest BCUT2D eigenvalue weighted by molar-refractivity contribution is 6.22. The molecule has 1 aliphatic heterocycles. The van der Waals surface area contributed by atoms with E-state index in [1.807, 2.05) is 0 Å². The molecular formula is C21H29N3O5. The minimum Gasteiger partial charge on any atom is -0.383 e. The van der Waals surface area contributed by atoms with E-state index in [0.29, 0.717) is 43.1 Å². The maximum atomic E-state index is 12.9. The van der Waals surface area contributed by atoms with Crippen LogP contribution in [0, 0.1) is 0 Å². The molecule has 1 aliphatic carbocycles. The van der Waals surface area contributed by atoms with Crippen LogP contribution in [-0.4, -0.2) is 74.2 Å². The fourth-order valence-electron chi connectivity index (χ4n) is 3.93. The van der Waals surface area contributed by atoms with Crippen molar-refractivity contribution in [3.63, 3.8) is 0 Å². The molecule has 1 aromatic carbocycles. The zero-order valence-corrected chi connectivity index (χ0v) is 17.1. The topological polar surface area (TPSA) is 88.2 Å². The number of nitrogens with one attached hydrogen (secondary N) is 1. The number of carbonyl (C=O) groups is 3. The van der Waals surface area contributed by atoms with E-state index in [2.05, 4.69) is 5.32 Å². The number of nitrogens with zero attached hydrogens (tertiary/aromatic N) is 2. The number of benzene rings is 1. The molecule has 0 aromatic heterocycles. The fourth-order valence-corrected chi connectivity index (χ4v) is 3.93. The van der Waals surface area contributed by atoms with Gasteiger partial charge in [-0.15, -0.1) is 0 Å². The largest absolute Gasteiger partial charge is 0.383 e. The third kappa shape index (κ3) is 4.76. The van der Waals surface area contributed by atoms with Crippen molar-refractivity contribution in [2.75, 3.05) is 45.8 Å². The summed E-state index contributed by atoms with van der Waals surface area (Å²) in [5.74, 6) is -0.486. The zero-order valence-electron chi connectivity index (χ0n) is 17.1. The summed E-state index contributed by atoms with van der Waals surface area (Å²) in [5.41, 5.74) is 1.26. The van der Waals surface area contributed by atoms with Crippen LogP contribution in [0.4, 0.5) is 10.5 Å². The highest BCUT2D eigenvalue weighted by Crippen LogP contribution is 2.32. The third-order valence-electron chi connectivity index (χ3n) is 5.53. The number of fused-ring (bicyclic) bond motifs is 1. The van der Waals surface area contributed by atoms with Crippen molar-refractivity contribution >= 4 is 23.5 Å². The summed E-state index contributed by atoms with van der Waals surface area (Å²) in [7, 11) is 3.15. The molecule has 3 rings (SSSR count). The summed E-state index contributed by atoms with van der Waals surface area (Å²) in [6.45, 7) is 1.66. The van der Waals surface area contributed by atoms with Gasteiger partial charge in [0.25, 0.3) is 11.8 Å². The predicted molar refractivity (Wildman–Crippen MR) is 108 cm³/mol. The Hall–Kier alpha value is -2.45. The monoisotopic (exact) mass is 403 g/mol. The van der Waals surface area contributed by atoms with Gasteiger partial charge in [-0.25, -0.2) is 4.79 Å². The van der Waals surface area contributed by atoms with Crippen LogP contribution in [0.25, 0.3) is 0 Å². The van der Waals surface area contributed by atoms with Crippen molar-refractivity contribution in [1.29, 1.82) is 0 Å². The number of rotatable bonds is 8. The molecular weight excluding hydrogens is 374 g/mol. The van der Waals surface area contributed by atoms with Crippen molar-refractivity contribution in [2.24, 2.45) is 0 Å². The van der Waals surface area contributed by atoms with E-state index in [4.69, 9.17) is 9.47 Å². The SMILES string of the molecule is COCCN(CCOC)C(=O)Nc1ccc2c(c1)C(=O)N(C1CCCCC1)C2=O. The molecule has 29 heavy (non-hydrogen) atoms. The second-order valence-electron chi connectivity index (χ2n) is 7.44. The average Bonchev–Trinajstić information content (AvgIpc) is 2.98. The standard InChI is InChI=1S/C21H29N3O5/c1-28-12-10-23(11-13-29-2)21(27)22-15-8-9-17-18(14-15)20(26)24(19(17)25)16-6-4-3-5-7-16/h8-9,14,16H,3-7,10-13H2,1-2H3,(H,22,27). The average molecular weight is 403 g/mol. The number of anilines is 1. The van der Waals surface area contributed by atoms with Gasteiger partial charge >= 0.3 is 6.03 Å². The van der Waals surface area contributed by atoms with Crippen molar-refractivity contribution in [3.05, 3.63) is 29.3 Å². The third-order valence-corrected chi connectivity index (χ3v) is 5.53. The second-order valence-corrected chi connectivity index (χ2v) is 7.44. The molecule has 0 radical (unpaired) electrons. The Kier molecular flexibility index (Phi) is 7.22. The fraction of sp³-hybridized carbons (Fsp3) is 0.571. The van der Waals surface area contributed by atoms with E-state index >= 15 is 0 Å². The Morgan fingerprint density at radius 1 is 1.03 bits per heavy atom. The molecule has 4 amide bonds. The lowest BCUT2D eigenvalue weighted by atomic mass is 9.94. The number of carbonyl (C=O) groups excluding carboxylic acids is 3. The molecule has 8 heteroatoms. The second kappa shape index (κ2) is 9.84. The lowest BCUT2D eigenvalue weighted by Gasteiger charge is -2.29. The van der Waals surface area contributed by atoms with Gasteiger partial charge in [-0.3, -0.25) is 14.5 Å². The molecule has 1 aromatic rings. The molecule has 158 valence electrons. The molecule has 2 aliphatic rings. The van der Waals surface area contributed by atoms with E-state index in [1.165, 1.54) is 4.90 Å². The van der Waals surface area contributed by atoms with Crippen molar-refractivity contribution in [2.45, 2.75) is 38.1 Å². The minimum atomic E-state index is -0.306. The summed E-state index contributed by atoms with van der Waals surface area (Å²) >= 11 is 0. The van der Waals surface area contributed by atoms with E-state index < -0.39 is 0 Å². The molecule has 0 unspecified atom stereocenters. The lowest BCUT2D eigenvalue weighted by Crippen LogP contribution is -2.40. The van der Waals surface area contributed by atoms with Gasteiger partial charge in [0.1, 0.15) is 0 Å². The minimum absolute atomic E-state index is 0.0206. The number of ether oxygens (including phenoxy) is 2. The van der Waals surface area contributed by atoms with E-state index in [1.54, 1.807) is 37.3 Å². The number of hydrogen-bond donors (Lipinski definition) is 1. The number of hydrogen-bond acceptors (Lipinski definition) is 5. The van der Waals surface area contributed by atoms with Crippen molar-refractivity contribution in [1.82, 2.24) is 9.80 Å². The van der Waals surface area contributed by atoms with E-state index in [-0.39, 0.29) is 23.9 Å². The van der Waals surface area contributed by atoms with Crippen LogP contribution in [-0.2, 0) is 9.47 Å². The Labute approximate surface area is 171 Å². The molecule has 1 saturated carbocycles. The molecule has 0 atom stereocenters. The summed E-state index contributed by atoms with van der Waals surface area (Å²) in [5, 5.41) is 2.81. The summed E-state index contributed by atoms with van der Waals surface area (Å²) in [6.07, 6.45) is 4.96. The van der Waals surface area contributed by atoms with Crippen LogP contribution in [0.1, 0.15) is 52.8 Å². The van der Waals surface area contributed by atoms with Crippen LogP contribution in [0.15, 0.2) is 18.2 Å². The quantitative estimate of drug-likeness (QED) is 0.675. The first kappa shape index (κ1) is 21.3. The molecule has 0 saturated heterocycles. The maximum absolute atomic E-state index is 12.9. The number of urea groups is 1. The Bertz CT molecular complexity index is 753. The van der Waals surface area contributed by atoms with Crippen LogP contribution >= 0.6 is 0 Å². The van der Waals surface area contributed by atoms with Gasteiger partial charge in [0.2, 0.25) is 0 Å². The molecule has 8 nitrogen and oxygen atoms in total. The van der Waals surface area contributed by atoms with Gasteiger partial charge in [-0.1, -0.05) is 19.3 Å². The molecule has 1 heterocycles. The Balaban J connectivity index is 1.72. The smallest absolute Gasteiger partial charge is 0.321 e. The molecule has 1 N–H and O–H groups in total. The first-order valence-corrected chi connectivity index (χ1v) is 10.1. The van der Waals surface area contributed by atoms with Crippen molar-refractivity contribution in [3.8, 4) is 0 Å². The summed E-state index contributed by atoms with van der Waals surface area (Å²) in [6, 6.07) is 4.56. The van der Waals surface area contributed by atoms with Gasteiger partial charge in [-0.2, -0.15) is 0 Å². The van der Waals surface area contributed by atoms with Gasteiger partial charge in [0.05, 0.1) is 24.3 Å². The summed E-state index contributed by atoms with van der Waals surface area (Å²) < 4.78 is 10.1. The first-order chi connectivity index (χ1) is 14.1. The number of imide groups is 1. The predicted octanol–water partition coefficient (Wildman–Crippen LogP) is 2.74. The number of methoxy groups -OCH3 is 2. The Morgan fingerprint density at radius 3 is 2.28 bits per heavy atom. The molecule has 1 fully saturated rings. The van der Waals surface area contributed by atoms with Crippen LogP contribution in [0.3, 0.4) is 0 Å². The van der Waals surface area contributed by atoms with Gasteiger partial charge in [0, 0.05) is 39.0 Å². The van der Waals surface area contributed by atoms with Gasteiger partial charge in [0.15, 0.2) is 0 Å². The maximum Gasteiger partial charge on any atom is 0.321 e.